The second-order valence-corrected chi connectivity index (χ2v) is 7.22. The minimum Gasteiger partial charge on any atom is -0.361 e. The van der Waals surface area contributed by atoms with Crippen LogP contribution in [0.4, 0.5) is 0 Å². The molecule has 1 aliphatic heterocycles. The molecule has 1 aliphatic rings. The van der Waals surface area contributed by atoms with Crippen LogP contribution in [0.5, 0.6) is 0 Å². The Bertz CT molecular complexity index is 726. The average molecular weight is 342 g/mol. The van der Waals surface area contributed by atoms with Crippen molar-refractivity contribution in [3.05, 3.63) is 29.5 Å². The minimum atomic E-state index is 0.0796. The van der Waals surface area contributed by atoms with Crippen molar-refractivity contribution in [1.29, 1.82) is 0 Å². The molecule has 0 spiro atoms. The second-order valence-electron chi connectivity index (χ2n) is 7.22. The fourth-order valence-electron chi connectivity index (χ4n) is 3.51. The first kappa shape index (κ1) is 17.6. The van der Waals surface area contributed by atoms with Gasteiger partial charge in [0.15, 0.2) is 0 Å². The number of hydrogen-bond donors (Lipinski definition) is 0. The molecule has 6 nitrogen and oxygen atoms in total. The molecule has 0 aliphatic carbocycles. The summed E-state index contributed by atoms with van der Waals surface area (Å²) in [5.74, 6) is 1.68. The van der Waals surface area contributed by atoms with Gasteiger partial charge in [0, 0.05) is 24.7 Å². The summed E-state index contributed by atoms with van der Waals surface area (Å²) in [6.45, 7) is 9.46. The van der Waals surface area contributed by atoms with Crippen LogP contribution >= 0.6 is 0 Å². The van der Waals surface area contributed by atoms with Gasteiger partial charge in [-0.2, -0.15) is 0 Å². The first-order valence-electron chi connectivity index (χ1n) is 8.98. The van der Waals surface area contributed by atoms with Crippen molar-refractivity contribution >= 4 is 5.91 Å². The largest absolute Gasteiger partial charge is 0.361 e. The number of carbonyl (C=O) groups excluding carboxylic acids is 1. The van der Waals surface area contributed by atoms with E-state index in [-0.39, 0.29) is 11.8 Å². The highest BCUT2D eigenvalue weighted by Gasteiger charge is 2.25. The van der Waals surface area contributed by atoms with E-state index in [1.165, 1.54) is 0 Å². The lowest BCUT2D eigenvalue weighted by Gasteiger charge is -2.33. The third kappa shape index (κ3) is 3.89. The van der Waals surface area contributed by atoms with Gasteiger partial charge in [-0.1, -0.05) is 19.0 Å². The van der Waals surface area contributed by atoms with Gasteiger partial charge in [0.05, 0.1) is 17.0 Å². The van der Waals surface area contributed by atoms with E-state index in [2.05, 4.69) is 15.1 Å². The zero-order valence-corrected chi connectivity index (χ0v) is 15.5. The summed E-state index contributed by atoms with van der Waals surface area (Å²) in [5.41, 5.74) is 3.72. The van der Waals surface area contributed by atoms with Gasteiger partial charge in [-0.25, -0.2) is 9.97 Å². The van der Waals surface area contributed by atoms with E-state index < -0.39 is 0 Å². The average Bonchev–Trinajstić information content (AvgIpc) is 2.93. The molecule has 6 heteroatoms. The maximum absolute atomic E-state index is 12.1. The van der Waals surface area contributed by atoms with E-state index in [1.807, 2.05) is 38.7 Å². The molecule has 1 amide bonds. The van der Waals surface area contributed by atoms with Crippen molar-refractivity contribution in [3.63, 3.8) is 0 Å². The minimum absolute atomic E-state index is 0.0796. The monoisotopic (exact) mass is 342 g/mol. The molecule has 0 bridgehead atoms. The van der Waals surface area contributed by atoms with Crippen LogP contribution in [0.2, 0.25) is 0 Å². The molecule has 2 aromatic heterocycles. The molecular formula is C19H26N4O2. The summed E-state index contributed by atoms with van der Waals surface area (Å²) in [6.07, 6.45) is 4.60. The highest BCUT2D eigenvalue weighted by molar-refractivity contribution is 5.78. The summed E-state index contributed by atoms with van der Waals surface area (Å²) in [7, 11) is 0. The van der Waals surface area contributed by atoms with E-state index in [0.29, 0.717) is 5.92 Å². The summed E-state index contributed by atoms with van der Waals surface area (Å²) in [5, 5.41) is 4.00. The topological polar surface area (TPSA) is 72.1 Å². The van der Waals surface area contributed by atoms with Crippen molar-refractivity contribution in [2.24, 2.45) is 11.8 Å². The predicted octanol–water partition coefficient (Wildman–Crippen LogP) is 3.19. The molecule has 0 aromatic carbocycles. The maximum atomic E-state index is 12.1. The number of rotatable bonds is 4. The maximum Gasteiger partial charge on any atom is 0.225 e. The standard InChI is InChI=1S/C19H26N4O2/c1-12(2)19(24)23-7-5-15(6-8-23)9-16-10-17(21-11-20-16)18-13(3)22-25-14(18)4/h10-12,15H,5-9H2,1-4H3. The van der Waals surface area contributed by atoms with Gasteiger partial charge < -0.3 is 9.42 Å². The smallest absolute Gasteiger partial charge is 0.225 e. The number of aryl methyl sites for hydroxylation is 2. The molecular weight excluding hydrogens is 316 g/mol. The highest BCUT2D eigenvalue weighted by Crippen LogP contribution is 2.27. The lowest BCUT2D eigenvalue weighted by atomic mass is 9.91. The Morgan fingerprint density at radius 1 is 1.28 bits per heavy atom. The lowest BCUT2D eigenvalue weighted by molar-refractivity contribution is -0.135. The van der Waals surface area contributed by atoms with Gasteiger partial charge in [-0.05, 0) is 45.1 Å². The van der Waals surface area contributed by atoms with Crippen LogP contribution in [0.25, 0.3) is 11.3 Å². The Balaban J connectivity index is 1.65. The number of amides is 1. The molecule has 1 saturated heterocycles. The number of nitrogens with zero attached hydrogens (tertiary/aromatic N) is 4. The van der Waals surface area contributed by atoms with Crippen molar-refractivity contribution in [2.45, 2.75) is 47.0 Å². The number of likely N-dealkylation sites (tertiary alicyclic amines) is 1. The van der Waals surface area contributed by atoms with E-state index in [1.54, 1.807) is 6.33 Å². The fourth-order valence-corrected chi connectivity index (χ4v) is 3.51. The van der Waals surface area contributed by atoms with Crippen LogP contribution in [-0.2, 0) is 11.2 Å². The number of aromatic nitrogens is 3. The number of hydrogen-bond acceptors (Lipinski definition) is 5. The molecule has 3 heterocycles. The van der Waals surface area contributed by atoms with Crippen molar-refractivity contribution in [3.8, 4) is 11.3 Å². The number of carbonyl (C=O) groups is 1. The Hall–Kier alpha value is -2.24. The summed E-state index contributed by atoms with van der Waals surface area (Å²) in [6, 6.07) is 2.04. The Kier molecular flexibility index (Phi) is 5.16. The third-order valence-corrected chi connectivity index (χ3v) is 4.93. The fraction of sp³-hybridized carbons (Fsp3) is 0.579. The molecule has 134 valence electrons. The first-order chi connectivity index (χ1) is 12.0. The summed E-state index contributed by atoms with van der Waals surface area (Å²) < 4.78 is 5.25. The lowest BCUT2D eigenvalue weighted by Crippen LogP contribution is -2.41. The van der Waals surface area contributed by atoms with Gasteiger partial charge in [0.25, 0.3) is 0 Å². The third-order valence-electron chi connectivity index (χ3n) is 4.93. The van der Waals surface area contributed by atoms with Crippen molar-refractivity contribution in [2.75, 3.05) is 13.1 Å². The summed E-state index contributed by atoms with van der Waals surface area (Å²) >= 11 is 0. The molecule has 25 heavy (non-hydrogen) atoms. The Morgan fingerprint density at radius 2 is 2.00 bits per heavy atom. The molecule has 0 N–H and O–H groups in total. The number of piperidine rings is 1. The van der Waals surface area contributed by atoms with Crippen LogP contribution in [0.15, 0.2) is 16.9 Å². The molecule has 0 radical (unpaired) electrons. The van der Waals surface area contributed by atoms with Crippen molar-refractivity contribution in [1.82, 2.24) is 20.0 Å². The zero-order valence-electron chi connectivity index (χ0n) is 15.5. The zero-order chi connectivity index (χ0) is 18.0. The van der Waals surface area contributed by atoms with Gasteiger partial charge in [-0.15, -0.1) is 0 Å². The Labute approximate surface area is 148 Å². The SMILES string of the molecule is Cc1noc(C)c1-c1cc(CC2CCN(C(=O)C(C)C)CC2)ncn1. The summed E-state index contributed by atoms with van der Waals surface area (Å²) in [4.78, 5) is 22.9. The molecule has 3 rings (SSSR count). The Morgan fingerprint density at radius 3 is 2.60 bits per heavy atom. The molecule has 1 fully saturated rings. The highest BCUT2D eigenvalue weighted by atomic mass is 16.5. The molecule has 0 unspecified atom stereocenters. The van der Waals surface area contributed by atoms with E-state index in [0.717, 1.165) is 60.8 Å². The quantitative estimate of drug-likeness (QED) is 0.853. The first-order valence-corrected chi connectivity index (χ1v) is 8.98. The van der Waals surface area contributed by atoms with Gasteiger partial charge in [-0.3, -0.25) is 4.79 Å². The van der Waals surface area contributed by atoms with Gasteiger partial charge in [0.1, 0.15) is 12.1 Å². The van der Waals surface area contributed by atoms with E-state index in [9.17, 15) is 4.79 Å². The van der Waals surface area contributed by atoms with Crippen LogP contribution in [0, 0.1) is 25.7 Å². The van der Waals surface area contributed by atoms with Crippen molar-refractivity contribution < 1.29 is 9.32 Å². The van der Waals surface area contributed by atoms with Gasteiger partial charge in [0.2, 0.25) is 5.91 Å². The predicted molar refractivity (Wildman–Crippen MR) is 94.8 cm³/mol. The van der Waals surface area contributed by atoms with Crippen LogP contribution in [0.1, 0.15) is 43.8 Å². The van der Waals surface area contributed by atoms with Crippen LogP contribution in [0.3, 0.4) is 0 Å². The molecule has 0 saturated carbocycles. The van der Waals surface area contributed by atoms with E-state index >= 15 is 0 Å². The van der Waals surface area contributed by atoms with E-state index in [4.69, 9.17) is 4.52 Å². The molecule has 0 atom stereocenters. The van der Waals surface area contributed by atoms with Crippen LogP contribution < -0.4 is 0 Å². The molecule has 2 aromatic rings. The second kappa shape index (κ2) is 7.33. The van der Waals surface area contributed by atoms with Gasteiger partial charge >= 0.3 is 0 Å². The normalized spacial score (nSPS) is 15.8. The van der Waals surface area contributed by atoms with Crippen LogP contribution in [-0.4, -0.2) is 39.0 Å².